The van der Waals surface area contributed by atoms with Crippen molar-refractivity contribution in [3.63, 3.8) is 0 Å². The molecule has 0 saturated heterocycles. The highest BCUT2D eigenvalue weighted by atomic mass is 19.4. The van der Waals surface area contributed by atoms with Crippen molar-refractivity contribution in [1.82, 2.24) is 4.90 Å². The standard InChI is InChI=1S/C14H20F3NO2/c1-13(9-19,10-20)8-18(2)7-11-5-3-4-6-12(11)14(15,16)17/h3-6,19-20H,7-10H2,1-2H3. The predicted molar refractivity (Wildman–Crippen MR) is 70.1 cm³/mol. The molecule has 0 saturated carbocycles. The van der Waals surface area contributed by atoms with E-state index in [4.69, 9.17) is 0 Å². The average Bonchev–Trinajstić information content (AvgIpc) is 2.37. The van der Waals surface area contributed by atoms with Crippen LogP contribution in [0.15, 0.2) is 24.3 Å². The molecule has 0 spiro atoms. The van der Waals surface area contributed by atoms with Crippen LogP contribution in [0.5, 0.6) is 0 Å². The second kappa shape index (κ2) is 6.56. The van der Waals surface area contributed by atoms with E-state index in [9.17, 15) is 23.4 Å². The van der Waals surface area contributed by atoms with Gasteiger partial charge in [-0.1, -0.05) is 25.1 Å². The molecule has 0 unspecified atom stereocenters. The molecule has 0 fully saturated rings. The first-order valence-electron chi connectivity index (χ1n) is 6.27. The van der Waals surface area contributed by atoms with Crippen LogP contribution in [0.4, 0.5) is 13.2 Å². The summed E-state index contributed by atoms with van der Waals surface area (Å²) in [6, 6.07) is 5.42. The van der Waals surface area contributed by atoms with E-state index in [2.05, 4.69) is 0 Å². The number of rotatable bonds is 6. The second-order valence-corrected chi connectivity index (χ2v) is 5.45. The number of aliphatic hydroxyl groups is 2. The van der Waals surface area contributed by atoms with Crippen molar-refractivity contribution in [3.05, 3.63) is 35.4 Å². The molecule has 2 N–H and O–H groups in total. The number of aliphatic hydroxyl groups excluding tert-OH is 2. The Bertz CT molecular complexity index is 431. The van der Waals surface area contributed by atoms with Crippen LogP contribution in [-0.2, 0) is 12.7 Å². The third-order valence-corrected chi connectivity index (χ3v) is 3.18. The Balaban J connectivity index is 2.84. The molecule has 1 aromatic rings. The predicted octanol–water partition coefficient (Wildman–Crippen LogP) is 2.13. The molecule has 0 aliphatic rings. The first-order valence-corrected chi connectivity index (χ1v) is 6.27. The van der Waals surface area contributed by atoms with Crippen molar-refractivity contribution in [2.24, 2.45) is 5.41 Å². The lowest BCUT2D eigenvalue weighted by molar-refractivity contribution is -0.138. The van der Waals surface area contributed by atoms with Crippen molar-refractivity contribution >= 4 is 0 Å². The van der Waals surface area contributed by atoms with Gasteiger partial charge in [0, 0.05) is 18.5 Å². The zero-order valence-electron chi connectivity index (χ0n) is 11.6. The number of hydrogen-bond acceptors (Lipinski definition) is 3. The fraction of sp³-hybridized carbons (Fsp3) is 0.571. The molecule has 1 aromatic carbocycles. The van der Waals surface area contributed by atoms with Crippen molar-refractivity contribution in [3.8, 4) is 0 Å². The number of alkyl halides is 3. The maximum atomic E-state index is 12.9. The average molecular weight is 291 g/mol. The number of benzene rings is 1. The Kier molecular flexibility index (Phi) is 5.56. The van der Waals surface area contributed by atoms with Gasteiger partial charge in [0.1, 0.15) is 0 Å². The molecular formula is C14H20F3NO2. The third kappa shape index (κ3) is 4.47. The lowest BCUT2D eigenvalue weighted by Gasteiger charge is -2.30. The van der Waals surface area contributed by atoms with E-state index >= 15 is 0 Å². The van der Waals surface area contributed by atoms with Crippen LogP contribution in [0, 0.1) is 5.41 Å². The molecular weight excluding hydrogens is 271 g/mol. The molecule has 0 bridgehead atoms. The Labute approximate surface area is 116 Å². The minimum Gasteiger partial charge on any atom is -0.396 e. The zero-order valence-corrected chi connectivity index (χ0v) is 11.6. The van der Waals surface area contributed by atoms with Gasteiger partial charge in [-0.3, -0.25) is 0 Å². The van der Waals surface area contributed by atoms with Gasteiger partial charge in [0.15, 0.2) is 0 Å². The largest absolute Gasteiger partial charge is 0.416 e. The van der Waals surface area contributed by atoms with Gasteiger partial charge in [0.25, 0.3) is 0 Å². The van der Waals surface area contributed by atoms with Crippen LogP contribution in [0.1, 0.15) is 18.1 Å². The maximum absolute atomic E-state index is 12.9. The molecule has 3 nitrogen and oxygen atoms in total. The minimum absolute atomic E-state index is 0.102. The molecule has 0 aromatic heterocycles. The van der Waals surface area contributed by atoms with Gasteiger partial charge in [0.05, 0.1) is 18.8 Å². The molecule has 114 valence electrons. The molecule has 0 radical (unpaired) electrons. The zero-order chi connectivity index (χ0) is 15.4. The van der Waals surface area contributed by atoms with Gasteiger partial charge in [-0.05, 0) is 18.7 Å². The van der Waals surface area contributed by atoms with Crippen LogP contribution < -0.4 is 0 Å². The van der Waals surface area contributed by atoms with E-state index in [0.717, 1.165) is 6.07 Å². The van der Waals surface area contributed by atoms with Crippen LogP contribution in [0.2, 0.25) is 0 Å². The summed E-state index contributed by atoms with van der Waals surface area (Å²) in [6.45, 7) is 1.63. The summed E-state index contributed by atoms with van der Waals surface area (Å²) in [5, 5.41) is 18.4. The summed E-state index contributed by atoms with van der Waals surface area (Å²) >= 11 is 0. The topological polar surface area (TPSA) is 43.7 Å². The Hall–Kier alpha value is -1.11. The van der Waals surface area contributed by atoms with E-state index in [0.29, 0.717) is 6.54 Å². The first kappa shape index (κ1) is 16.9. The maximum Gasteiger partial charge on any atom is 0.416 e. The summed E-state index contributed by atoms with van der Waals surface area (Å²) in [6.07, 6.45) is -4.38. The summed E-state index contributed by atoms with van der Waals surface area (Å²) in [7, 11) is 1.66. The Morgan fingerprint density at radius 2 is 1.65 bits per heavy atom. The lowest BCUT2D eigenvalue weighted by Crippen LogP contribution is -2.38. The van der Waals surface area contributed by atoms with E-state index < -0.39 is 17.2 Å². The normalized spacial score (nSPS) is 13.0. The molecule has 0 amide bonds. The summed E-state index contributed by atoms with van der Waals surface area (Å²) in [4.78, 5) is 1.66. The van der Waals surface area contributed by atoms with Gasteiger partial charge in [-0.15, -0.1) is 0 Å². The lowest BCUT2D eigenvalue weighted by atomic mass is 9.92. The fourth-order valence-electron chi connectivity index (χ4n) is 2.08. The van der Waals surface area contributed by atoms with Gasteiger partial charge in [-0.25, -0.2) is 0 Å². The van der Waals surface area contributed by atoms with Gasteiger partial charge in [-0.2, -0.15) is 13.2 Å². The highest BCUT2D eigenvalue weighted by molar-refractivity contribution is 5.29. The SMILES string of the molecule is CN(Cc1ccccc1C(F)(F)F)CC(C)(CO)CO. The Morgan fingerprint density at radius 1 is 1.10 bits per heavy atom. The van der Waals surface area contributed by atoms with Gasteiger partial charge in [0.2, 0.25) is 0 Å². The third-order valence-electron chi connectivity index (χ3n) is 3.18. The highest BCUT2D eigenvalue weighted by Gasteiger charge is 2.33. The van der Waals surface area contributed by atoms with Crippen molar-refractivity contribution in [2.75, 3.05) is 26.8 Å². The van der Waals surface area contributed by atoms with E-state index in [1.54, 1.807) is 24.9 Å². The Morgan fingerprint density at radius 3 is 2.15 bits per heavy atom. The highest BCUT2D eigenvalue weighted by Crippen LogP contribution is 2.32. The van der Waals surface area contributed by atoms with Crippen LogP contribution in [-0.4, -0.2) is 41.9 Å². The molecule has 1 rings (SSSR count). The van der Waals surface area contributed by atoms with Crippen LogP contribution >= 0.6 is 0 Å². The van der Waals surface area contributed by atoms with Crippen molar-refractivity contribution in [2.45, 2.75) is 19.6 Å². The van der Waals surface area contributed by atoms with E-state index in [1.165, 1.54) is 12.1 Å². The number of halogens is 3. The van der Waals surface area contributed by atoms with Gasteiger partial charge >= 0.3 is 6.18 Å². The summed E-state index contributed by atoms with van der Waals surface area (Å²) in [5.74, 6) is 0. The van der Waals surface area contributed by atoms with Crippen LogP contribution in [0.3, 0.4) is 0 Å². The monoisotopic (exact) mass is 291 g/mol. The van der Waals surface area contributed by atoms with Gasteiger partial charge < -0.3 is 15.1 Å². The van der Waals surface area contributed by atoms with E-state index in [1.807, 2.05) is 0 Å². The molecule has 0 aliphatic carbocycles. The smallest absolute Gasteiger partial charge is 0.396 e. The number of hydrogen-bond donors (Lipinski definition) is 2. The molecule has 0 atom stereocenters. The second-order valence-electron chi connectivity index (χ2n) is 5.45. The van der Waals surface area contributed by atoms with Crippen LogP contribution in [0.25, 0.3) is 0 Å². The summed E-state index contributed by atoms with van der Waals surface area (Å²) in [5.41, 5.74) is -1.20. The molecule has 20 heavy (non-hydrogen) atoms. The molecule has 0 heterocycles. The molecule has 6 heteroatoms. The summed E-state index contributed by atoms with van der Waals surface area (Å²) < 4.78 is 38.6. The quantitative estimate of drug-likeness (QED) is 0.844. The fourth-order valence-corrected chi connectivity index (χ4v) is 2.08. The minimum atomic E-state index is -4.38. The first-order chi connectivity index (χ1) is 9.22. The van der Waals surface area contributed by atoms with Crippen molar-refractivity contribution < 1.29 is 23.4 Å². The molecule has 0 aliphatic heterocycles. The van der Waals surface area contributed by atoms with E-state index in [-0.39, 0.29) is 25.3 Å². The van der Waals surface area contributed by atoms with Crippen molar-refractivity contribution in [1.29, 1.82) is 0 Å². The number of nitrogens with zero attached hydrogens (tertiary/aromatic N) is 1.